The highest BCUT2D eigenvalue weighted by molar-refractivity contribution is 6.74. The van der Waals surface area contributed by atoms with Gasteiger partial charge in [-0.25, -0.2) is 0 Å². The molecule has 1 rings (SSSR count). The Hall–Kier alpha value is -0.493. The summed E-state index contributed by atoms with van der Waals surface area (Å²) < 4.78 is 18.5. The maximum atomic E-state index is 11.8. The van der Waals surface area contributed by atoms with Gasteiger partial charge >= 0.3 is 0 Å². The smallest absolute Gasteiger partial charge is 0.193 e. The molecule has 0 aliphatic carbocycles. The Morgan fingerprint density at radius 1 is 1.15 bits per heavy atom. The van der Waals surface area contributed by atoms with Crippen LogP contribution in [0.3, 0.4) is 0 Å². The molecule has 3 atom stereocenters. The van der Waals surface area contributed by atoms with Gasteiger partial charge in [-0.05, 0) is 44.8 Å². The molecule has 5 heteroatoms. The van der Waals surface area contributed by atoms with E-state index in [2.05, 4.69) is 52.9 Å². The average molecular weight is 385 g/mol. The minimum atomic E-state index is -2.08. The van der Waals surface area contributed by atoms with E-state index in [-0.39, 0.29) is 11.1 Å². The molecule has 0 bridgehead atoms. The van der Waals surface area contributed by atoms with Crippen molar-refractivity contribution >= 4 is 14.6 Å². The van der Waals surface area contributed by atoms with Crippen molar-refractivity contribution < 1.29 is 18.7 Å². The molecule has 26 heavy (non-hydrogen) atoms. The van der Waals surface area contributed by atoms with Crippen LogP contribution >= 0.6 is 0 Å². The van der Waals surface area contributed by atoms with Crippen LogP contribution in [0, 0.1) is 0 Å². The highest BCUT2D eigenvalue weighted by Gasteiger charge is 2.48. The Morgan fingerprint density at radius 2 is 1.81 bits per heavy atom. The van der Waals surface area contributed by atoms with E-state index in [4.69, 9.17) is 13.9 Å². The highest BCUT2D eigenvalue weighted by atomic mass is 28.4. The summed E-state index contributed by atoms with van der Waals surface area (Å²) in [5, 5.41) is 0.0356. The van der Waals surface area contributed by atoms with Crippen molar-refractivity contribution in [2.45, 2.75) is 116 Å². The van der Waals surface area contributed by atoms with Gasteiger partial charge in [-0.3, -0.25) is 0 Å². The van der Waals surface area contributed by atoms with Gasteiger partial charge in [0.15, 0.2) is 14.1 Å². The van der Waals surface area contributed by atoms with Crippen molar-refractivity contribution in [3.8, 4) is 0 Å². The Kier molecular flexibility index (Phi) is 8.72. The minimum Gasteiger partial charge on any atom is -0.404 e. The molecule has 0 aromatic heterocycles. The number of carbonyl (C=O) groups excluding carboxylic acids is 1. The van der Waals surface area contributed by atoms with Crippen LogP contribution in [0.5, 0.6) is 0 Å². The van der Waals surface area contributed by atoms with Crippen LogP contribution in [0.25, 0.3) is 0 Å². The van der Waals surface area contributed by atoms with E-state index < -0.39 is 26.3 Å². The third-order valence-electron chi connectivity index (χ3n) is 5.41. The first kappa shape index (κ1) is 23.5. The summed E-state index contributed by atoms with van der Waals surface area (Å²) in [5.74, 6) is -0.708. The van der Waals surface area contributed by atoms with Crippen LogP contribution in [0.2, 0.25) is 18.1 Å². The molecule has 0 radical (unpaired) electrons. The van der Waals surface area contributed by atoms with Gasteiger partial charge in [0.05, 0.1) is 0 Å². The van der Waals surface area contributed by atoms with Crippen molar-refractivity contribution in [1.29, 1.82) is 0 Å². The lowest BCUT2D eigenvalue weighted by Crippen LogP contribution is -2.49. The van der Waals surface area contributed by atoms with Gasteiger partial charge in [0.2, 0.25) is 0 Å². The van der Waals surface area contributed by atoms with Gasteiger partial charge in [0, 0.05) is 0 Å². The Labute approximate surface area is 161 Å². The molecule has 1 saturated heterocycles. The van der Waals surface area contributed by atoms with Crippen LogP contribution in [-0.2, 0) is 18.7 Å². The zero-order valence-electron chi connectivity index (χ0n) is 18.1. The number of hydrogen-bond acceptors (Lipinski definition) is 4. The molecular formula is C21H40O4Si. The summed E-state index contributed by atoms with van der Waals surface area (Å²) in [6.45, 7) is 16.8. The van der Waals surface area contributed by atoms with Crippen molar-refractivity contribution in [3.63, 3.8) is 0 Å². The normalized spacial score (nSPS) is 24.9. The molecule has 0 spiro atoms. The van der Waals surface area contributed by atoms with E-state index in [0.717, 1.165) is 12.7 Å². The van der Waals surface area contributed by atoms with E-state index >= 15 is 0 Å². The van der Waals surface area contributed by atoms with Gasteiger partial charge < -0.3 is 18.7 Å². The van der Waals surface area contributed by atoms with Gasteiger partial charge in [-0.15, -0.1) is 0 Å². The minimum absolute atomic E-state index is 0.0356. The third kappa shape index (κ3) is 6.91. The Bertz CT molecular complexity index is 465. The summed E-state index contributed by atoms with van der Waals surface area (Å²) in [4.78, 5) is 11.8. The number of unbranched alkanes of at least 4 members (excludes halogenated alkanes) is 4. The fourth-order valence-corrected chi connectivity index (χ4v) is 4.05. The molecule has 0 aromatic carbocycles. The largest absolute Gasteiger partial charge is 0.404 e. The van der Waals surface area contributed by atoms with Crippen molar-refractivity contribution in [2.75, 3.05) is 0 Å². The number of allylic oxidation sites excluding steroid dienone is 1. The molecule has 1 heterocycles. The van der Waals surface area contributed by atoms with Crippen LogP contribution in [0.15, 0.2) is 12.2 Å². The maximum absolute atomic E-state index is 11.8. The molecule has 0 amide bonds. The second-order valence-corrected chi connectivity index (χ2v) is 14.1. The van der Waals surface area contributed by atoms with E-state index in [9.17, 15) is 4.79 Å². The number of ether oxygens (including phenoxy) is 2. The van der Waals surface area contributed by atoms with Crippen LogP contribution in [0.4, 0.5) is 0 Å². The zero-order chi connectivity index (χ0) is 20.0. The lowest BCUT2D eigenvalue weighted by molar-refractivity contribution is -0.154. The highest BCUT2D eigenvalue weighted by Crippen LogP contribution is 2.39. The average Bonchev–Trinajstić information content (AvgIpc) is 2.82. The first-order chi connectivity index (χ1) is 11.9. The van der Waals surface area contributed by atoms with E-state index in [1.54, 1.807) is 0 Å². The number of aldehydes is 1. The topological polar surface area (TPSA) is 44.8 Å². The molecule has 1 fully saturated rings. The second-order valence-electron chi connectivity index (χ2n) is 9.32. The Morgan fingerprint density at radius 3 is 2.35 bits per heavy atom. The Balaban J connectivity index is 2.80. The first-order valence-corrected chi connectivity index (χ1v) is 13.0. The summed E-state index contributed by atoms with van der Waals surface area (Å²) in [6, 6.07) is 0. The fourth-order valence-electron chi connectivity index (χ4n) is 2.83. The summed E-state index contributed by atoms with van der Waals surface area (Å²) in [5.41, 5.74) is 0. The van der Waals surface area contributed by atoms with Crippen molar-refractivity contribution in [3.05, 3.63) is 12.2 Å². The van der Waals surface area contributed by atoms with E-state index in [1.165, 1.54) is 25.7 Å². The van der Waals surface area contributed by atoms with Gasteiger partial charge in [0.25, 0.3) is 0 Å². The molecule has 0 unspecified atom stereocenters. The summed E-state index contributed by atoms with van der Waals surface area (Å²) >= 11 is 0. The molecule has 0 aromatic rings. The van der Waals surface area contributed by atoms with Crippen molar-refractivity contribution in [1.82, 2.24) is 0 Å². The predicted molar refractivity (Wildman–Crippen MR) is 110 cm³/mol. The quantitative estimate of drug-likeness (QED) is 0.212. The monoisotopic (exact) mass is 384 g/mol. The number of rotatable bonds is 10. The molecule has 1 aliphatic rings. The standard InChI is InChI=1S/C21H40O4Si/c1-9-10-11-12-13-14-15-17-19(24-21(5,6)23-17)18(16-22)25-26(7,8)20(2,3)4/h14-19H,9-13H2,1-8H3/b15-14-/t17-,18-,19-/m1/s1. The molecule has 0 N–H and O–H groups in total. The number of carbonyl (C=O) groups is 1. The molecule has 1 aliphatic heterocycles. The van der Waals surface area contributed by atoms with Gasteiger partial charge in [-0.2, -0.15) is 0 Å². The van der Waals surface area contributed by atoms with E-state index in [1.807, 2.05) is 13.8 Å². The molecule has 4 nitrogen and oxygen atoms in total. The first-order valence-electron chi connectivity index (χ1n) is 10.1. The molecular weight excluding hydrogens is 344 g/mol. The van der Waals surface area contributed by atoms with Gasteiger partial charge in [0.1, 0.15) is 24.6 Å². The van der Waals surface area contributed by atoms with E-state index in [0.29, 0.717) is 0 Å². The van der Waals surface area contributed by atoms with Crippen LogP contribution in [0.1, 0.15) is 73.6 Å². The lowest BCUT2D eigenvalue weighted by atomic mass is 10.1. The predicted octanol–water partition coefficient (Wildman–Crippen LogP) is 5.62. The van der Waals surface area contributed by atoms with Crippen molar-refractivity contribution in [2.24, 2.45) is 0 Å². The van der Waals surface area contributed by atoms with Crippen LogP contribution < -0.4 is 0 Å². The molecule has 0 saturated carbocycles. The second kappa shape index (κ2) is 9.63. The fraction of sp³-hybridized carbons (Fsp3) is 0.857. The number of hydrogen-bond donors (Lipinski definition) is 0. The maximum Gasteiger partial charge on any atom is 0.193 e. The molecule has 152 valence electrons. The van der Waals surface area contributed by atoms with Gasteiger partial charge in [-0.1, -0.05) is 59.1 Å². The lowest BCUT2D eigenvalue weighted by Gasteiger charge is -2.39. The summed E-state index contributed by atoms with van der Waals surface area (Å²) in [6.07, 6.45) is 9.83. The van der Waals surface area contributed by atoms with Crippen LogP contribution in [-0.4, -0.2) is 38.7 Å². The third-order valence-corrected chi connectivity index (χ3v) is 9.88. The SMILES string of the molecule is CCCCCC/C=C\[C@H]1OC(C)(C)O[C@H]1[C@@H](C=O)O[Si](C)(C)C(C)(C)C. The zero-order valence-corrected chi connectivity index (χ0v) is 19.1. The summed E-state index contributed by atoms with van der Waals surface area (Å²) in [7, 11) is -2.08.